The van der Waals surface area contributed by atoms with E-state index in [9.17, 15) is 9.59 Å². The lowest BCUT2D eigenvalue weighted by molar-refractivity contribution is -0.143. The van der Waals surface area contributed by atoms with E-state index < -0.39 is 0 Å². The van der Waals surface area contributed by atoms with Crippen molar-refractivity contribution in [2.24, 2.45) is 12.8 Å². The summed E-state index contributed by atoms with van der Waals surface area (Å²) in [7, 11) is 1.66. The van der Waals surface area contributed by atoms with Crippen LogP contribution < -0.4 is 11.5 Å². The maximum atomic E-state index is 11.3. The number of hydrogen-bond donors (Lipinski definition) is 1. The van der Waals surface area contributed by atoms with Gasteiger partial charge in [-0.3, -0.25) is 9.36 Å². The van der Waals surface area contributed by atoms with Crippen molar-refractivity contribution in [3.63, 3.8) is 0 Å². The molecule has 0 unspecified atom stereocenters. The van der Waals surface area contributed by atoms with E-state index in [0.29, 0.717) is 25.2 Å². The Hall–Kier alpha value is -2.08. The highest BCUT2D eigenvalue weighted by molar-refractivity contribution is 5.73. The Morgan fingerprint density at radius 1 is 1.47 bits per heavy atom. The number of carbonyl (C=O) groups is 1. The van der Waals surface area contributed by atoms with Crippen molar-refractivity contribution in [1.82, 2.24) is 4.57 Å². The molecule has 0 bridgehead atoms. The van der Waals surface area contributed by atoms with Gasteiger partial charge < -0.3 is 14.9 Å². The molecular weight excluding hydrogens is 248 g/mol. The van der Waals surface area contributed by atoms with Gasteiger partial charge in [-0.2, -0.15) is 0 Å². The van der Waals surface area contributed by atoms with Gasteiger partial charge in [0.05, 0.1) is 18.5 Å². The van der Waals surface area contributed by atoms with Gasteiger partial charge in [0.15, 0.2) is 5.58 Å². The molecule has 0 radical (unpaired) electrons. The summed E-state index contributed by atoms with van der Waals surface area (Å²) in [6.45, 7) is 0.585. The summed E-state index contributed by atoms with van der Waals surface area (Å²) in [5, 5.41) is 0. The Morgan fingerprint density at radius 3 is 3.00 bits per heavy atom. The zero-order chi connectivity index (χ0) is 13.8. The Kier molecular flexibility index (Phi) is 4.01. The third kappa shape index (κ3) is 3.03. The lowest BCUT2D eigenvalue weighted by atomic mass is 10.1. The van der Waals surface area contributed by atoms with Crippen LogP contribution in [0, 0.1) is 0 Å². The van der Waals surface area contributed by atoms with Gasteiger partial charge in [0.1, 0.15) is 0 Å². The molecule has 102 valence electrons. The quantitative estimate of drug-likeness (QED) is 0.797. The molecule has 1 heterocycles. The lowest BCUT2D eigenvalue weighted by Gasteiger charge is -2.04. The van der Waals surface area contributed by atoms with Crippen molar-refractivity contribution in [1.29, 1.82) is 0 Å². The van der Waals surface area contributed by atoms with Gasteiger partial charge in [0, 0.05) is 20.0 Å². The Labute approximate surface area is 109 Å². The van der Waals surface area contributed by atoms with Gasteiger partial charge >= 0.3 is 11.7 Å². The maximum Gasteiger partial charge on any atom is 0.419 e. The van der Waals surface area contributed by atoms with Crippen LogP contribution in [0.1, 0.15) is 12.0 Å². The molecule has 0 amide bonds. The fourth-order valence-electron chi connectivity index (χ4n) is 1.81. The molecular formula is C13H16N2O4. The largest absolute Gasteiger partial charge is 0.465 e. The van der Waals surface area contributed by atoms with Crippen LogP contribution in [-0.2, 0) is 23.0 Å². The molecule has 6 heteroatoms. The van der Waals surface area contributed by atoms with E-state index >= 15 is 0 Å². The average molecular weight is 264 g/mol. The molecule has 0 aliphatic rings. The Morgan fingerprint density at radius 2 is 2.26 bits per heavy atom. The number of aryl methyl sites for hydroxylation is 1. The molecule has 2 rings (SSSR count). The highest BCUT2D eigenvalue weighted by atomic mass is 16.5. The monoisotopic (exact) mass is 264 g/mol. The number of nitrogens with two attached hydrogens (primary N) is 1. The van der Waals surface area contributed by atoms with Crippen LogP contribution in [0.2, 0.25) is 0 Å². The van der Waals surface area contributed by atoms with Crippen molar-refractivity contribution in [2.45, 2.75) is 12.8 Å². The van der Waals surface area contributed by atoms with Crippen LogP contribution >= 0.6 is 0 Å². The van der Waals surface area contributed by atoms with Crippen LogP contribution in [0.4, 0.5) is 0 Å². The van der Waals surface area contributed by atoms with E-state index in [2.05, 4.69) is 0 Å². The number of fused-ring (bicyclic) bond motifs is 1. The SMILES string of the molecule is Cn1c(=O)oc2cc(CCOC(=O)CCN)ccc21. The number of oxazole rings is 1. The van der Waals surface area contributed by atoms with Crippen LogP contribution in [0.3, 0.4) is 0 Å². The van der Waals surface area contributed by atoms with E-state index in [-0.39, 0.29) is 18.1 Å². The molecule has 0 spiro atoms. The smallest absolute Gasteiger partial charge is 0.419 e. The first kappa shape index (κ1) is 13.4. The molecule has 1 aromatic carbocycles. The van der Waals surface area contributed by atoms with E-state index in [1.807, 2.05) is 12.1 Å². The standard InChI is InChI=1S/C13H16N2O4/c1-15-10-3-2-9(8-11(10)19-13(15)17)5-7-18-12(16)4-6-14/h2-3,8H,4-7,14H2,1H3. The average Bonchev–Trinajstić information content (AvgIpc) is 2.65. The van der Waals surface area contributed by atoms with Gasteiger partial charge in [-0.15, -0.1) is 0 Å². The second-order valence-electron chi connectivity index (χ2n) is 4.24. The topological polar surface area (TPSA) is 87.5 Å². The predicted molar refractivity (Wildman–Crippen MR) is 69.8 cm³/mol. The van der Waals surface area contributed by atoms with Gasteiger partial charge in [0.25, 0.3) is 0 Å². The summed E-state index contributed by atoms with van der Waals surface area (Å²) >= 11 is 0. The molecule has 0 saturated carbocycles. The third-order valence-corrected chi connectivity index (χ3v) is 2.86. The first-order chi connectivity index (χ1) is 9.11. The number of aromatic nitrogens is 1. The zero-order valence-corrected chi connectivity index (χ0v) is 10.7. The predicted octanol–water partition coefficient (Wildman–Crippen LogP) is 0.566. The van der Waals surface area contributed by atoms with E-state index in [1.165, 1.54) is 4.57 Å². The van der Waals surface area contributed by atoms with Crippen molar-refractivity contribution in [2.75, 3.05) is 13.2 Å². The van der Waals surface area contributed by atoms with Crippen molar-refractivity contribution >= 4 is 17.1 Å². The van der Waals surface area contributed by atoms with Crippen molar-refractivity contribution < 1.29 is 13.9 Å². The minimum absolute atomic E-state index is 0.229. The molecule has 0 saturated heterocycles. The second kappa shape index (κ2) is 5.71. The second-order valence-corrected chi connectivity index (χ2v) is 4.24. The van der Waals surface area contributed by atoms with Gasteiger partial charge in [-0.1, -0.05) is 6.07 Å². The molecule has 2 aromatic rings. The molecule has 1 aromatic heterocycles. The van der Waals surface area contributed by atoms with Gasteiger partial charge in [-0.05, 0) is 17.7 Å². The first-order valence-corrected chi connectivity index (χ1v) is 6.06. The number of nitrogens with zero attached hydrogens (tertiary/aromatic N) is 1. The zero-order valence-electron chi connectivity index (χ0n) is 10.7. The van der Waals surface area contributed by atoms with Gasteiger partial charge in [0.2, 0.25) is 0 Å². The summed E-state index contributed by atoms with van der Waals surface area (Å²) in [6.07, 6.45) is 0.803. The van der Waals surface area contributed by atoms with E-state index in [1.54, 1.807) is 13.1 Å². The molecule has 6 nitrogen and oxygen atoms in total. The molecule has 0 fully saturated rings. The van der Waals surface area contributed by atoms with Crippen LogP contribution in [0.25, 0.3) is 11.1 Å². The summed E-state index contributed by atoms with van der Waals surface area (Å²) < 4.78 is 11.5. The molecule has 0 aliphatic heterocycles. The fourth-order valence-corrected chi connectivity index (χ4v) is 1.81. The highest BCUT2D eigenvalue weighted by Crippen LogP contribution is 2.14. The summed E-state index contributed by atoms with van der Waals surface area (Å²) in [5.41, 5.74) is 7.48. The number of hydrogen-bond acceptors (Lipinski definition) is 5. The summed E-state index contributed by atoms with van der Waals surface area (Å²) in [5.74, 6) is -0.684. The van der Waals surface area contributed by atoms with E-state index in [4.69, 9.17) is 14.9 Å². The Bertz CT molecular complexity index is 642. The minimum atomic E-state index is -0.387. The normalized spacial score (nSPS) is 10.8. The van der Waals surface area contributed by atoms with Crippen molar-refractivity contribution in [3.8, 4) is 0 Å². The summed E-state index contributed by atoms with van der Waals surface area (Å²) in [4.78, 5) is 22.5. The molecule has 0 atom stereocenters. The summed E-state index contributed by atoms with van der Waals surface area (Å²) in [6, 6.07) is 5.48. The Balaban J connectivity index is 2.02. The van der Waals surface area contributed by atoms with Crippen LogP contribution in [0.15, 0.2) is 27.4 Å². The molecule has 0 aliphatic carbocycles. The minimum Gasteiger partial charge on any atom is -0.465 e. The lowest BCUT2D eigenvalue weighted by Crippen LogP contribution is -2.12. The van der Waals surface area contributed by atoms with Gasteiger partial charge in [-0.25, -0.2) is 4.79 Å². The van der Waals surface area contributed by atoms with E-state index in [0.717, 1.165) is 11.1 Å². The van der Waals surface area contributed by atoms with Crippen molar-refractivity contribution in [3.05, 3.63) is 34.3 Å². The number of rotatable bonds is 5. The number of esters is 1. The number of carbonyl (C=O) groups excluding carboxylic acids is 1. The van der Waals surface area contributed by atoms with Crippen LogP contribution in [-0.4, -0.2) is 23.7 Å². The highest BCUT2D eigenvalue weighted by Gasteiger charge is 2.07. The fraction of sp³-hybridized carbons (Fsp3) is 0.385. The third-order valence-electron chi connectivity index (χ3n) is 2.86. The number of benzene rings is 1. The number of ether oxygens (including phenoxy) is 1. The van der Waals surface area contributed by atoms with Crippen LogP contribution in [0.5, 0.6) is 0 Å². The molecule has 2 N–H and O–H groups in total. The molecule has 19 heavy (non-hydrogen) atoms. The first-order valence-electron chi connectivity index (χ1n) is 6.06. The maximum absolute atomic E-state index is 11.3.